The Morgan fingerprint density at radius 3 is 2.56 bits per heavy atom. The molecule has 0 fully saturated rings. The van der Waals surface area contributed by atoms with Crippen molar-refractivity contribution < 1.29 is 0 Å². The maximum Gasteiger partial charge on any atom is 0.0528 e. The monoisotopic (exact) mass is 268 g/mol. The van der Waals surface area contributed by atoms with Crippen molar-refractivity contribution in [3.8, 4) is 0 Å². The fraction of sp³-hybridized carbons (Fsp3) is 0.538. The molecule has 1 aromatic carbocycles. The van der Waals surface area contributed by atoms with Gasteiger partial charge in [-0.05, 0) is 23.9 Å². The fourth-order valence-electron chi connectivity index (χ4n) is 1.86. The summed E-state index contributed by atoms with van der Waals surface area (Å²) in [5, 5.41) is 3.81. The van der Waals surface area contributed by atoms with Gasteiger partial charge in [-0.15, -0.1) is 12.4 Å². The van der Waals surface area contributed by atoms with Crippen LogP contribution in [0.3, 0.4) is 0 Å². The Balaban J connectivity index is 0.00000289. The van der Waals surface area contributed by atoms with Crippen molar-refractivity contribution in [3.05, 3.63) is 46.3 Å². The van der Waals surface area contributed by atoms with Gasteiger partial charge in [-0.25, -0.2) is 0 Å². The normalized spacial score (nSPS) is 13.0. The molecule has 4 nitrogen and oxygen atoms in total. The van der Waals surface area contributed by atoms with E-state index in [-0.39, 0.29) is 24.5 Å². The predicted octanol–water partition coefficient (Wildman–Crippen LogP) is 3.85. The first kappa shape index (κ1) is 16.8. The van der Waals surface area contributed by atoms with E-state index >= 15 is 0 Å². The van der Waals surface area contributed by atoms with Gasteiger partial charge in [-0.3, -0.25) is 0 Å². The lowest BCUT2D eigenvalue weighted by molar-refractivity contribution is 0.475. The Morgan fingerprint density at radius 1 is 1.33 bits per heavy atom. The number of rotatable bonds is 7. The molecule has 2 N–H and O–H groups in total. The van der Waals surface area contributed by atoms with E-state index in [1.54, 1.807) is 0 Å². The summed E-state index contributed by atoms with van der Waals surface area (Å²) in [7, 11) is 0. The average molecular weight is 269 g/mol. The van der Waals surface area contributed by atoms with Gasteiger partial charge in [0.15, 0.2) is 0 Å². The first-order chi connectivity index (χ1) is 8.27. The summed E-state index contributed by atoms with van der Waals surface area (Å²) in [5.74, 6) is 0. The maximum atomic E-state index is 8.55. The lowest BCUT2D eigenvalue weighted by Gasteiger charge is -2.19. The van der Waals surface area contributed by atoms with E-state index in [4.69, 9.17) is 11.3 Å². The van der Waals surface area contributed by atoms with Crippen molar-refractivity contribution in [2.45, 2.75) is 44.7 Å². The molecule has 5 heteroatoms. The molecule has 0 bridgehead atoms. The van der Waals surface area contributed by atoms with E-state index in [0.717, 1.165) is 25.7 Å². The van der Waals surface area contributed by atoms with Gasteiger partial charge in [-0.1, -0.05) is 55.2 Å². The number of nitrogens with two attached hydrogens (primary N) is 1. The Morgan fingerprint density at radius 2 is 2.00 bits per heavy atom. The molecule has 0 heterocycles. The van der Waals surface area contributed by atoms with Crippen LogP contribution in [-0.2, 0) is 6.42 Å². The second-order valence-electron chi connectivity index (χ2n) is 4.27. The molecule has 0 radical (unpaired) electrons. The molecule has 2 atom stereocenters. The van der Waals surface area contributed by atoms with Gasteiger partial charge >= 0.3 is 0 Å². The van der Waals surface area contributed by atoms with Crippen LogP contribution in [0.1, 0.15) is 31.7 Å². The molecular formula is C13H21ClN4. The minimum Gasteiger partial charge on any atom is -0.327 e. The molecule has 18 heavy (non-hydrogen) atoms. The molecule has 0 aliphatic rings. The van der Waals surface area contributed by atoms with Gasteiger partial charge in [-0.2, -0.15) is 0 Å². The third-order valence-electron chi connectivity index (χ3n) is 2.86. The first-order valence-electron chi connectivity index (χ1n) is 6.11. The zero-order chi connectivity index (χ0) is 12.5. The summed E-state index contributed by atoms with van der Waals surface area (Å²) in [6.07, 6.45) is 3.77. The highest BCUT2D eigenvalue weighted by Crippen LogP contribution is 2.12. The van der Waals surface area contributed by atoms with Crippen molar-refractivity contribution in [2.75, 3.05) is 0 Å². The van der Waals surface area contributed by atoms with Crippen molar-refractivity contribution in [3.63, 3.8) is 0 Å². The molecule has 0 saturated heterocycles. The minimum atomic E-state index is -0.0974. The molecule has 0 saturated carbocycles. The van der Waals surface area contributed by atoms with Gasteiger partial charge in [0.25, 0.3) is 0 Å². The van der Waals surface area contributed by atoms with Crippen LogP contribution >= 0.6 is 12.4 Å². The molecule has 0 spiro atoms. The van der Waals surface area contributed by atoms with Gasteiger partial charge < -0.3 is 5.73 Å². The van der Waals surface area contributed by atoms with E-state index in [9.17, 15) is 0 Å². The Labute approximate surface area is 115 Å². The molecule has 1 rings (SSSR count). The second kappa shape index (κ2) is 9.77. The molecule has 0 amide bonds. The number of azide groups is 1. The summed E-state index contributed by atoms with van der Waals surface area (Å²) in [6, 6.07) is 9.88. The standard InChI is InChI=1S/C13H20N4.ClH/c1-2-3-9-13(16-17-15)12(14)10-11-7-5-4-6-8-11;/h4-8,12-13H,2-3,9-10,14H2,1H3;1H/t12-,13-;/m0./s1. The molecule has 0 aromatic heterocycles. The fourth-order valence-corrected chi connectivity index (χ4v) is 1.86. The summed E-state index contributed by atoms with van der Waals surface area (Å²) in [5.41, 5.74) is 15.9. The smallest absolute Gasteiger partial charge is 0.0528 e. The van der Waals surface area contributed by atoms with Crippen molar-refractivity contribution in [1.29, 1.82) is 0 Å². The number of hydrogen-bond donors (Lipinski definition) is 1. The first-order valence-corrected chi connectivity index (χ1v) is 6.11. The largest absolute Gasteiger partial charge is 0.327 e. The van der Waals surface area contributed by atoms with E-state index in [2.05, 4.69) is 16.9 Å². The van der Waals surface area contributed by atoms with Crippen molar-refractivity contribution in [2.24, 2.45) is 10.8 Å². The molecule has 100 valence electrons. The highest BCUT2D eigenvalue weighted by atomic mass is 35.5. The molecule has 1 aromatic rings. The second-order valence-corrected chi connectivity index (χ2v) is 4.27. The number of unbranched alkanes of at least 4 members (excludes halogenated alkanes) is 1. The summed E-state index contributed by atoms with van der Waals surface area (Å²) in [6.45, 7) is 2.12. The third-order valence-corrected chi connectivity index (χ3v) is 2.86. The number of nitrogens with zero attached hydrogens (tertiary/aromatic N) is 3. The number of hydrogen-bond acceptors (Lipinski definition) is 2. The van der Waals surface area contributed by atoms with Crippen LogP contribution in [0.5, 0.6) is 0 Å². The lowest BCUT2D eigenvalue weighted by Crippen LogP contribution is -2.35. The Hall–Kier alpha value is -1.22. The van der Waals surface area contributed by atoms with Crippen molar-refractivity contribution in [1.82, 2.24) is 0 Å². The summed E-state index contributed by atoms with van der Waals surface area (Å²) < 4.78 is 0. The van der Waals surface area contributed by atoms with Crippen LogP contribution in [0, 0.1) is 0 Å². The van der Waals surface area contributed by atoms with Crippen LogP contribution in [0.15, 0.2) is 35.4 Å². The third kappa shape index (κ3) is 5.92. The van der Waals surface area contributed by atoms with Crippen LogP contribution < -0.4 is 5.73 Å². The highest BCUT2D eigenvalue weighted by Gasteiger charge is 2.16. The number of halogens is 1. The van der Waals surface area contributed by atoms with E-state index in [1.807, 2.05) is 30.3 Å². The lowest BCUT2D eigenvalue weighted by atomic mass is 9.97. The van der Waals surface area contributed by atoms with Crippen LogP contribution in [0.4, 0.5) is 0 Å². The predicted molar refractivity (Wildman–Crippen MR) is 77.8 cm³/mol. The van der Waals surface area contributed by atoms with E-state index in [1.165, 1.54) is 5.56 Å². The zero-order valence-electron chi connectivity index (χ0n) is 10.7. The average Bonchev–Trinajstić information content (AvgIpc) is 2.35. The quantitative estimate of drug-likeness (QED) is 0.455. The van der Waals surface area contributed by atoms with Crippen LogP contribution in [0.2, 0.25) is 0 Å². The van der Waals surface area contributed by atoms with Gasteiger partial charge in [0.05, 0.1) is 6.04 Å². The summed E-state index contributed by atoms with van der Waals surface area (Å²) in [4.78, 5) is 2.90. The molecule has 0 aliphatic carbocycles. The van der Waals surface area contributed by atoms with E-state index in [0.29, 0.717) is 0 Å². The van der Waals surface area contributed by atoms with Crippen molar-refractivity contribution >= 4 is 12.4 Å². The highest BCUT2D eigenvalue weighted by molar-refractivity contribution is 5.85. The Bertz CT molecular complexity index is 363. The Kier molecular flexibility index (Phi) is 9.11. The minimum absolute atomic E-state index is 0. The van der Waals surface area contributed by atoms with Gasteiger partial charge in [0.2, 0.25) is 0 Å². The summed E-state index contributed by atoms with van der Waals surface area (Å²) >= 11 is 0. The van der Waals surface area contributed by atoms with Gasteiger partial charge in [0.1, 0.15) is 0 Å². The topological polar surface area (TPSA) is 74.8 Å². The van der Waals surface area contributed by atoms with Crippen LogP contribution in [0.25, 0.3) is 10.4 Å². The maximum absolute atomic E-state index is 8.55. The SMILES string of the molecule is CCCC[C@H](N=[N+]=[N-])[C@@H](N)Cc1ccccc1.Cl. The molecular weight excluding hydrogens is 248 g/mol. The zero-order valence-corrected chi connectivity index (χ0v) is 11.5. The van der Waals surface area contributed by atoms with E-state index < -0.39 is 0 Å². The molecule has 0 unspecified atom stereocenters. The van der Waals surface area contributed by atoms with Gasteiger partial charge in [0, 0.05) is 11.0 Å². The number of benzene rings is 1. The van der Waals surface area contributed by atoms with Crippen LogP contribution in [-0.4, -0.2) is 12.1 Å². The molecule has 0 aliphatic heterocycles.